The SMILES string of the molecule is COc1ccc(OC)c(/C(O)=C2\C(=O)C(=O)N(C3CCCC3)C2c2ccc(OC)c(OC)c2)c1. The standard InChI is InChI=1S/C26H29NO7/c1-31-17-10-12-19(32-2)18(14-17)24(28)22-23(15-9-11-20(33-3)21(13-15)34-4)27(26(30)25(22)29)16-7-5-6-8-16/h9-14,16,23,28H,5-8H2,1-4H3/b24-22+. The molecule has 1 saturated heterocycles. The van der Waals surface area contributed by atoms with E-state index >= 15 is 0 Å². The van der Waals surface area contributed by atoms with Crippen molar-refractivity contribution >= 4 is 17.4 Å². The molecule has 1 amide bonds. The van der Waals surface area contributed by atoms with Crippen LogP contribution in [0.2, 0.25) is 0 Å². The maximum absolute atomic E-state index is 13.4. The second-order valence-corrected chi connectivity index (χ2v) is 8.33. The van der Waals surface area contributed by atoms with Crippen LogP contribution in [0.5, 0.6) is 23.0 Å². The number of aliphatic hydroxyl groups is 1. The van der Waals surface area contributed by atoms with Crippen LogP contribution in [0.25, 0.3) is 5.76 Å². The number of ether oxygens (including phenoxy) is 4. The topological polar surface area (TPSA) is 94.5 Å². The summed E-state index contributed by atoms with van der Waals surface area (Å²) in [5.74, 6) is 0.180. The zero-order valence-electron chi connectivity index (χ0n) is 19.8. The maximum Gasteiger partial charge on any atom is 0.295 e. The van der Waals surface area contributed by atoms with Gasteiger partial charge in [-0.25, -0.2) is 0 Å². The summed E-state index contributed by atoms with van der Waals surface area (Å²) in [5, 5.41) is 11.4. The predicted molar refractivity (Wildman–Crippen MR) is 125 cm³/mol. The summed E-state index contributed by atoms with van der Waals surface area (Å²) in [7, 11) is 6.05. The van der Waals surface area contributed by atoms with Crippen molar-refractivity contribution in [2.24, 2.45) is 0 Å². The third kappa shape index (κ3) is 3.93. The fourth-order valence-electron chi connectivity index (χ4n) is 4.90. The van der Waals surface area contributed by atoms with Crippen LogP contribution in [-0.4, -0.2) is 56.2 Å². The van der Waals surface area contributed by atoms with Gasteiger partial charge in [-0.05, 0) is 48.7 Å². The summed E-state index contributed by atoms with van der Waals surface area (Å²) in [6, 6.07) is 9.32. The number of Topliss-reactive ketones (excluding diaryl/α,β-unsaturated/α-hetero) is 1. The number of aliphatic hydroxyl groups excluding tert-OH is 1. The predicted octanol–water partition coefficient (Wildman–Crippen LogP) is 4.09. The number of hydrogen-bond acceptors (Lipinski definition) is 7. The fourth-order valence-corrected chi connectivity index (χ4v) is 4.90. The van der Waals surface area contributed by atoms with Gasteiger partial charge in [0.2, 0.25) is 0 Å². The molecule has 1 saturated carbocycles. The van der Waals surface area contributed by atoms with Gasteiger partial charge in [0.05, 0.1) is 45.6 Å². The third-order valence-electron chi connectivity index (χ3n) is 6.58. The Kier molecular flexibility index (Phi) is 6.68. The molecule has 180 valence electrons. The average molecular weight is 468 g/mol. The molecule has 1 N–H and O–H groups in total. The van der Waals surface area contributed by atoms with Crippen LogP contribution in [0.3, 0.4) is 0 Å². The summed E-state index contributed by atoms with van der Waals surface area (Å²) < 4.78 is 21.6. The second-order valence-electron chi connectivity index (χ2n) is 8.33. The van der Waals surface area contributed by atoms with E-state index in [1.54, 1.807) is 41.3 Å². The van der Waals surface area contributed by atoms with Gasteiger partial charge in [0.15, 0.2) is 11.5 Å². The van der Waals surface area contributed by atoms with Gasteiger partial charge in [-0.2, -0.15) is 0 Å². The summed E-state index contributed by atoms with van der Waals surface area (Å²) >= 11 is 0. The first-order valence-corrected chi connectivity index (χ1v) is 11.2. The maximum atomic E-state index is 13.4. The van der Waals surface area contributed by atoms with Gasteiger partial charge in [0, 0.05) is 6.04 Å². The third-order valence-corrected chi connectivity index (χ3v) is 6.58. The first-order chi connectivity index (χ1) is 16.4. The molecule has 2 aromatic rings. The van der Waals surface area contributed by atoms with E-state index < -0.39 is 17.7 Å². The number of benzene rings is 2. The molecular weight excluding hydrogens is 438 g/mol. The van der Waals surface area contributed by atoms with Crippen LogP contribution in [0.1, 0.15) is 42.9 Å². The van der Waals surface area contributed by atoms with Crippen molar-refractivity contribution in [2.75, 3.05) is 28.4 Å². The van der Waals surface area contributed by atoms with Gasteiger partial charge in [-0.3, -0.25) is 9.59 Å². The van der Waals surface area contributed by atoms with Gasteiger partial charge in [-0.1, -0.05) is 18.9 Å². The highest BCUT2D eigenvalue weighted by atomic mass is 16.5. The number of hydrogen-bond donors (Lipinski definition) is 1. The molecule has 8 nitrogen and oxygen atoms in total. The van der Waals surface area contributed by atoms with E-state index in [9.17, 15) is 14.7 Å². The summed E-state index contributed by atoms with van der Waals surface area (Å²) in [5.41, 5.74) is 0.930. The van der Waals surface area contributed by atoms with E-state index in [0.717, 1.165) is 25.7 Å². The summed E-state index contributed by atoms with van der Waals surface area (Å²) in [6.07, 6.45) is 3.57. The lowest BCUT2D eigenvalue weighted by atomic mass is 9.94. The van der Waals surface area contributed by atoms with E-state index in [1.165, 1.54) is 28.4 Å². The number of methoxy groups -OCH3 is 4. The molecule has 2 aromatic carbocycles. The fraction of sp³-hybridized carbons (Fsp3) is 0.385. The Morgan fingerprint density at radius 2 is 1.50 bits per heavy atom. The lowest BCUT2D eigenvalue weighted by molar-refractivity contribution is -0.141. The zero-order valence-corrected chi connectivity index (χ0v) is 19.8. The first-order valence-electron chi connectivity index (χ1n) is 11.2. The van der Waals surface area contributed by atoms with Crippen LogP contribution in [0, 0.1) is 0 Å². The number of rotatable bonds is 7. The average Bonchev–Trinajstić information content (AvgIpc) is 3.49. The molecule has 2 aliphatic rings. The lowest BCUT2D eigenvalue weighted by Crippen LogP contribution is -2.37. The first kappa shape index (κ1) is 23.5. The van der Waals surface area contributed by atoms with Gasteiger partial charge in [0.1, 0.15) is 17.3 Å². The molecule has 1 aliphatic carbocycles. The number of nitrogens with zero attached hydrogens (tertiary/aromatic N) is 1. The van der Waals surface area contributed by atoms with Crippen molar-refractivity contribution in [3.05, 3.63) is 53.1 Å². The van der Waals surface area contributed by atoms with Gasteiger partial charge in [-0.15, -0.1) is 0 Å². The molecule has 1 heterocycles. The highest BCUT2D eigenvalue weighted by Gasteiger charge is 2.49. The monoisotopic (exact) mass is 467 g/mol. The molecule has 4 rings (SSSR count). The lowest BCUT2D eigenvalue weighted by Gasteiger charge is -2.31. The Labute approximate surface area is 198 Å². The largest absolute Gasteiger partial charge is 0.507 e. The Morgan fingerprint density at radius 3 is 2.12 bits per heavy atom. The van der Waals surface area contributed by atoms with Crippen LogP contribution >= 0.6 is 0 Å². The number of carbonyl (C=O) groups excluding carboxylic acids is 2. The van der Waals surface area contributed by atoms with Crippen LogP contribution in [-0.2, 0) is 9.59 Å². The smallest absolute Gasteiger partial charge is 0.295 e. The molecule has 1 atom stereocenters. The Morgan fingerprint density at radius 1 is 0.853 bits per heavy atom. The molecule has 34 heavy (non-hydrogen) atoms. The van der Waals surface area contributed by atoms with Gasteiger partial charge < -0.3 is 29.0 Å². The highest BCUT2D eigenvalue weighted by molar-refractivity contribution is 6.46. The normalized spacial score (nSPS) is 20.0. The van der Waals surface area contributed by atoms with Gasteiger partial charge in [0.25, 0.3) is 11.7 Å². The molecule has 1 unspecified atom stereocenters. The van der Waals surface area contributed by atoms with Crippen molar-refractivity contribution < 1.29 is 33.6 Å². The summed E-state index contributed by atoms with van der Waals surface area (Å²) in [6.45, 7) is 0. The van der Waals surface area contributed by atoms with Gasteiger partial charge >= 0.3 is 0 Å². The van der Waals surface area contributed by atoms with Crippen molar-refractivity contribution in [3.63, 3.8) is 0 Å². The van der Waals surface area contributed by atoms with E-state index in [4.69, 9.17) is 18.9 Å². The van der Waals surface area contributed by atoms with Crippen molar-refractivity contribution in [2.45, 2.75) is 37.8 Å². The van der Waals surface area contributed by atoms with E-state index in [2.05, 4.69) is 0 Å². The number of carbonyl (C=O) groups is 2. The zero-order chi connectivity index (χ0) is 24.4. The van der Waals surface area contributed by atoms with E-state index in [0.29, 0.717) is 28.6 Å². The van der Waals surface area contributed by atoms with Crippen molar-refractivity contribution in [1.29, 1.82) is 0 Å². The molecule has 2 fully saturated rings. The second kappa shape index (κ2) is 9.67. The molecule has 8 heteroatoms. The highest BCUT2D eigenvalue weighted by Crippen LogP contribution is 2.46. The molecule has 0 radical (unpaired) electrons. The molecule has 1 aliphatic heterocycles. The number of amides is 1. The molecule has 0 aromatic heterocycles. The Balaban J connectivity index is 1.95. The number of ketones is 1. The van der Waals surface area contributed by atoms with E-state index in [-0.39, 0.29) is 22.9 Å². The van der Waals surface area contributed by atoms with E-state index in [1.807, 2.05) is 0 Å². The summed E-state index contributed by atoms with van der Waals surface area (Å²) in [4.78, 5) is 28.3. The quantitative estimate of drug-likeness (QED) is 0.372. The number of likely N-dealkylation sites (tertiary alicyclic amines) is 1. The van der Waals surface area contributed by atoms with Crippen LogP contribution in [0.4, 0.5) is 0 Å². The molecule has 0 bridgehead atoms. The minimum absolute atomic E-state index is 0.00988. The van der Waals surface area contributed by atoms with Crippen LogP contribution < -0.4 is 18.9 Å². The Hall–Kier alpha value is -3.68. The minimum atomic E-state index is -0.779. The molecular formula is C26H29NO7. The minimum Gasteiger partial charge on any atom is -0.507 e. The van der Waals surface area contributed by atoms with Crippen molar-refractivity contribution in [3.8, 4) is 23.0 Å². The van der Waals surface area contributed by atoms with Crippen LogP contribution in [0.15, 0.2) is 42.0 Å². The molecule has 0 spiro atoms. The Bertz CT molecular complexity index is 1130. The van der Waals surface area contributed by atoms with Crippen molar-refractivity contribution in [1.82, 2.24) is 4.90 Å².